The average Bonchev–Trinajstić information content (AvgIpc) is 2.96. The molecular formula is C18H23N5O. The molecule has 0 atom stereocenters. The fourth-order valence-corrected chi connectivity index (χ4v) is 2.97. The summed E-state index contributed by atoms with van der Waals surface area (Å²) in [7, 11) is 0. The van der Waals surface area contributed by atoms with Gasteiger partial charge in [-0.15, -0.1) is 0 Å². The molecule has 2 heterocycles. The maximum absolute atomic E-state index is 8.87. The number of aryl methyl sites for hydroxylation is 1. The van der Waals surface area contributed by atoms with Crippen LogP contribution < -0.4 is 0 Å². The molecule has 0 bridgehead atoms. The predicted molar refractivity (Wildman–Crippen MR) is 90.0 cm³/mol. The Labute approximate surface area is 142 Å². The van der Waals surface area contributed by atoms with Crippen LogP contribution in [-0.2, 0) is 19.5 Å². The van der Waals surface area contributed by atoms with Crippen molar-refractivity contribution in [3.63, 3.8) is 0 Å². The topological polar surface area (TPSA) is 69.2 Å². The minimum Gasteiger partial charge on any atom is -0.338 e. The van der Waals surface area contributed by atoms with Gasteiger partial charge < -0.3 is 4.52 Å². The summed E-state index contributed by atoms with van der Waals surface area (Å²) >= 11 is 0. The zero-order chi connectivity index (χ0) is 16.8. The zero-order valence-corrected chi connectivity index (χ0v) is 14.1. The van der Waals surface area contributed by atoms with Crippen molar-refractivity contribution >= 4 is 0 Å². The molecular weight excluding hydrogens is 302 g/mol. The Morgan fingerprint density at radius 3 is 2.42 bits per heavy atom. The van der Waals surface area contributed by atoms with Crippen LogP contribution in [0.2, 0.25) is 0 Å². The normalized spacial score (nSPS) is 16.7. The summed E-state index contributed by atoms with van der Waals surface area (Å²) in [4.78, 5) is 9.24. The highest BCUT2D eigenvalue weighted by atomic mass is 16.5. The van der Waals surface area contributed by atoms with Gasteiger partial charge in [0.1, 0.15) is 0 Å². The summed E-state index contributed by atoms with van der Waals surface area (Å²) in [5.41, 5.74) is 1.97. The van der Waals surface area contributed by atoms with Gasteiger partial charge >= 0.3 is 0 Å². The highest BCUT2D eigenvalue weighted by molar-refractivity contribution is 5.31. The second-order valence-corrected chi connectivity index (χ2v) is 6.17. The molecule has 0 aliphatic carbocycles. The van der Waals surface area contributed by atoms with E-state index >= 15 is 0 Å². The Kier molecular flexibility index (Phi) is 5.57. The quantitative estimate of drug-likeness (QED) is 0.839. The van der Waals surface area contributed by atoms with E-state index in [1.165, 1.54) is 5.56 Å². The lowest BCUT2D eigenvalue weighted by molar-refractivity contribution is 0.222. The van der Waals surface area contributed by atoms with Crippen molar-refractivity contribution in [2.45, 2.75) is 32.9 Å². The number of nitrogens with zero attached hydrogens (tertiary/aromatic N) is 5. The van der Waals surface area contributed by atoms with Crippen molar-refractivity contribution in [2.75, 3.05) is 26.2 Å². The molecule has 1 aliphatic rings. The lowest BCUT2D eigenvalue weighted by Crippen LogP contribution is -2.30. The minimum absolute atomic E-state index is 0.715. The molecule has 1 saturated heterocycles. The largest absolute Gasteiger partial charge is 0.338 e. The standard InChI is InChI=1S/C18H23N5O/c1-2-17-20-18(24-21-17)14-23-9-3-8-22(10-11-23)13-16-6-4-15(12-19)5-7-16/h4-7H,2-3,8-11,13-14H2,1H3. The molecule has 126 valence electrons. The van der Waals surface area contributed by atoms with Gasteiger partial charge in [0, 0.05) is 26.1 Å². The Hall–Kier alpha value is -2.23. The molecule has 3 rings (SSSR count). The molecule has 6 heteroatoms. The highest BCUT2D eigenvalue weighted by Crippen LogP contribution is 2.12. The Morgan fingerprint density at radius 1 is 1.08 bits per heavy atom. The van der Waals surface area contributed by atoms with Gasteiger partial charge in [0.15, 0.2) is 5.82 Å². The Bertz CT molecular complexity index is 688. The van der Waals surface area contributed by atoms with E-state index in [1.54, 1.807) is 0 Å². The summed E-state index contributed by atoms with van der Waals surface area (Å²) in [5.74, 6) is 1.50. The van der Waals surface area contributed by atoms with Gasteiger partial charge in [-0.05, 0) is 37.2 Å². The monoisotopic (exact) mass is 325 g/mol. The molecule has 0 amide bonds. The Morgan fingerprint density at radius 2 is 1.79 bits per heavy atom. The van der Waals surface area contributed by atoms with Crippen LogP contribution >= 0.6 is 0 Å². The number of benzene rings is 1. The number of aromatic nitrogens is 2. The minimum atomic E-state index is 0.715. The van der Waals surface area contributed by atoms with Gasteiger partial charge in [-0.2, -0.15) is 10.2 Å². The summed E-state index contributed by atoms with van der Waals surface area (Å²) in [6.07, 6.45) is 1.94. The second-order valence-electron chi connectivity index (χ2n) is 6.17. The number of hydrogen-bond acceptors (Lipinski definition) is 6. The summed E-state index contributed by atoms with van der Waals surface area (Å²) in [5, 5.41) is 12.8. The number of nitriles is 1. The maximum Gasteiger partial charge on any atom is 0.240 e. The van der Waals surface area contributed by atoms with E-state index in [9.17, 15) is 0 Å². The third kappa shape index (κ3) is 4.40. The van der Waals surface area contributed by atoms with E-state index in [1.807, 2.05) is 31.2 Å². The van der Waals surface area contributed by atoms with Gasteiger partial charge in [0.25, 0.3) is 0 Å². The summed E-state index contributed by atoms with van der Waals surface area (Å²) < 4.78 is 5.30. The molecule has 1 aromatic heterocycles. The van der Waals surface area contributed by atoms with E-state index in [0.717, 1.165) is 57.9 Å². The highest BCUT2D eigenvalue weighted by Gasteiger charge is 2.17. The van der Waals surface area contributed by atoms with E-state index in [4.69, 9.17) is 9.78 Å². The zero-order valence-electron chi connectivity index (χ0n) is 14.1. The predicted octanol–water partition coefficient (Wildman–Crippen LogP) is 2.21. The van der Waals surface area contributed by atoms with Gasteiger partial charge in [0.2, 0.25) is 5.89 Å². The van der Waals surface area contributed by atoms with Gasteiger partial charge in [-0.3, -0.25) is 9.80 Å². The van der Waals surface area contributed by atoms with E-state index in [2.05, 4.69) is 26.0 Å². The van der Waals surface area contributed by atoms with Crippen molar-refractivity contribution in [2.24, 2.45) is 0 Å². The van der Waals surface area contributed by atoms with Crippen LogP contribution in [0.15, 0.2) is 28.8 Å². The first-order chi connectivity index (χ1) is 11.8. The van der Waals surface area contributed by atoms with Crippen LogP contribution in [0.1, 0.15) is 36.2 Å². The third-order valence-electron chi connectivity index (χ3n) is 4.36. The number of hydrogen-bond donors (Lipinski definition) is 0. The molecule has 6 nitrogen and oxygen atoms in total. The van der Waals surface area contributed by atoms with Gasteiger partial charge in [-0.25, -0.2) is 0 Å². The fourth-order valence-electron chi connectivity index (χ4n) is 2.97. The van der Waals surface area contributed by atoms with Crippen LogP contribution in [-0.4, -0.2) is 46.1 Å². The van der Waals surface area contributed by atoms with Crippen LogP contribution in [0.25, 0.3) is 0 Å². The molecule has 24 heavy (non-hydrogen) atoms. The fraction of sp³-hybridized carbons (Fsp3) is 0.500. The first-order valence-corrected chi connectivity index (χ1v) is 8.52. The molecule has 2 aromatic rings. The molecule has 0 saturated carbocycles. The molecule has 1 fully saturated rings. The van der Waals surface area contributed by atoms with Crippen molar-refractivity contribution in [1.29, 1.82) is 5.26 Å². The molecule has 1 aromatic carbocycles. The van der Waals surface area contributed by atoms with Crippen molar-refractivity contribution < 1.29 is 4.52 Å². The maximum atomic E-state index is 8.87. The summed E-state index contributed by atoms with van der Waals surface area (Å²) in [6, 6.07) is 10.0. The van der Waals surface area contributed by atoms with Crippen molar-refractivity contribution in [3.05, 3.63) is 47.1 Å². The van der Waals surface area contributed by atoms with Crippen LogP contribution in [0.4, 0.5) is 0 Å². The molecule has 0 N–H and O–H groups in total. The lowest BCUT2D eigenvalue weighted by atomic mass is 10.1. The SMILES string of the molecule is CCc1noc(CN2CCCN(Cc3ccc(C#N)cc3)CC2)n1. The van der Waals surface area contributed by atoms with Crippen LogP contribution in [0.5, 0.6) is 0 Å². The average molecular weight is 325 g/mol. The van der Waals surface area contributed by atoms with Gasteiger partial charge in [-0.1, -0.05) is 24.2 Å². The van der Waals surface area contributed by atoms with Crippen LogP contribution in [0.3, 0.4) is 0 Å². The smallest absolute Gasteiger partial charge is 0.240 e. The Balaban J connectivity index is 1.51. The van der Waals surface area contributed by atoms with E-state index in [0.29, 0.717) is 11.5 Å². The second kappa shape index (κ2) is 8.04. The van der Waals surface area contributed by atoms with Gasteiger partial charge in [0.05, 0.1) is 18.2 Å². The van der Waals surface area contributed by atoms with Crippen LogP contribution in [0, 0.1) is 11.3 Å². The molecule has 0 radical (unpaired) electrons. The number of rotatable bonds is 5. The first kappa shape index (κ1) is 16.6. The molecule has 0 spiro atoms. The van der Waals surface area contributed by atoms with E-state index < -0.39 is 0 Å². The van der Waals surface area contributed by atoms with E-state index in [-0.39, 0.29) is 0 Å². The first-order valence-electron chi connectivity index (χ1n) is 8.52. The summed E-state index contributed by atoms with van der Waals surface area (Å²) in [6.45, 7) is 7.85. The molecule has 0 unspecified atom stereocenters. The molecule has 1 aliphatic heterocycles. The third-order valence-corrected chi connectivity index (χ3v) is 4.36. The van der Waals surface area contributed by atoms with Crippen molar-refractivity contribution in [1.82, 2.24) is 19.9 Å². The van der Waals surface area contributed by atoms with Crippen molar-refractivity contribution in [3.8, 4) is 6.07 Å². The lowest BCUT2D eigenvalue weighted by Gasteiger charge is -2.21.